The molecular formula is C42H26N4O. The van der Waals surface area contributed by atoms with Gasteiger partial charge in [0.25, 0.3) is 0 Å². The molecule has 0 saturated carbocycles. The highest BCUT2D eigenvalue weighted by atomic mass is 16.3. The minimum absolute atomic E-state index is 0.839. The van der Waals surface area contributed by atoms with Gasteiger partial charge in [0.15, 0.2) is 0 Å². The summed E-state index contributed by atoms with van der Waals surface area (Å²) in [5.41, 5.74) is 13.2. The molecule has 0 amide bonds. The Balaban J connectivity index is 1.24. The molecule has 10 aromatic rings. The fourth-order valence-corrected chi connectivity index (χ4v) is 6.97. The van der Waals surface area contributed by atoms with Gasteiger partial charge in [-0.05, 0) is 71.8 Å². The summed E-state index contributed by atoms with van der Waals surface area (Å²) < 4.78 is 11.0. The van der Waals surface area contributed by atoms with Gasteiger partial charge in [0.05, 0.1) is 44.5 Å². The molecule has 0 aliphatic heterocycles. The molecule has 0 atom stereocenters. The van der Waals surface area contributed by atoms with Gasteiger partial charge in [-0.1, -0.05) is 97.1 Å². The van der Waals surface area contributed by atoms with Crippen LogP contribution in [0.2, 0.25) is 0 Å². The van der Waals surface area contributed by atoms with Crippen LogP contribution in [0.5, 0.6) is 0 Å². The number of rotatable bonds is 4. The summed E-state index contributed by atoms with van der Waals surface area (Å²) in [5.74, 6) is 0.875. The summed E-state index contributed by atoms with van der Waals surface area (Å²) in [7, 11) is 0. The lowest BCUT2D eigenvalue weighted by Gasteiger charge is -2.11. The SMILES string of the molecule is c1ccc(-c2cc(-c3ccc4oc5cccc(-n6c7ccccc7n7c8ccccc8nc67)c5c4c3)cc(-c3ccccc3)n2)cc1. The van der Waals surface area contributed by atoms with Gasteiger partial charge in [0, 0.05) is 16.5 Å². The van der Waals surface area contributed by atoms with Crippen molar-refractivity contribution in [2.75, 3.05) is 0 Å². The topological polar surface area (TPSA) is 48.3 Å². The van der Waals surface area contributed by atoms with E-state index in [0.29, 0.717) is 0 Å². The van der Waals surface area contributed by atoms with Crippen LogP contribution in [0.1, 0.15) is 0 Å². The molecule has 47 heavy (non-hydrogen) atoms. The molecule has 220 valence electrons. The quantitative estimate of drug-likeness (QED) is 0.201. The highest BCUT2D eigenvalue weighted by Gasteiger charge is 2.21. The third-order valence-electron chi connectivity index (χ3n) is 9.12. The first-order valence-electron chi connectivity index (χ1n) is 15.8. The number of para-hydroxylation sites is 4. The summed E-state index contributed by atoms with van der Waals surface area (Å²) in [6.07, 6.45) is 0. The predicted octanol–water partition coefficient (Wildman–Crippen LogP) is 10.7. The van der Waals surface area contributed by atoms with Gasteiger partial charge in [0.1, 0.15) is 11.2 Å². The third kappa shape index (κ3) is 3.97. The smallest absolute Gasteiger partial charge is 0.220 e. The number of fused-ring (bicyclic) bond motifs is 8. The number of imidazole rings is 2. The Hall–Kier alpha value is -6.46. The molecule has 0 aliphatic rings. The Bertz CT molecular complexity index is 2730. The fraction of sp³-hybridized carbons (Fsp3) is 0. The second-order valence-corrected chi connectivity index (χ2v) is 11.9. The summed E-state index contributed by atoms with van der Waals surface area (Å²) in [4.78, 5) is 10.2. The van der Waals surface area contributed by atoms with Crippen LogP contribution in [0, 0.1) is 0 Å². The standard InChI is InChI=1S/C42H26N4O/c1-3-12-27(13-4-1)33-25-30(26-34(43-33)28-14-5-2-6-15-28)29-22-23-39-31(24-29)41-38(20-11-21-40(41)47-39)46-37-19-10-9-18-36(37)45-35-17-8-7-16-32(35)44-42(45)46/h1-26H. The second-order valence-electron chi connectivity index (χ2n) is 11.9. The van der Waals surface area contributed by atoms with Crippen molar-refractivity contribution in [2.45, 2.75) is 0 Å². The van der Waals surface area contributed by atoms with Crippen molar-refractivity contribution in [1.29, 1.82) is 0 Å². The lowest BCUT2D eigenvalue weighted by atomic mass is 9.98. The van der Waals surface area contributed by atoms with Gasteiger partial charge in [-0.3, -0.25) is 8.97 Å². The van der Waals surface area contributed by atoms with E-state index < -0.39 is 0 Å². The normalized spacial score (nSPS) is 11.8. The zero-order valence-electron chi connectivity index (χ0n) is 25.2. The van der Waals surface area contributed by atoms with Crippen molar-refractivity contribution in [3.8, 4) is 39.3 Å². The number of aromatic nitrogens is 4. The first-order chi connectivity index (χ1) is 23.3. The lowest BCUT2D eigenvalue weighted by molar-refractivity contribution is 0.669. The predicted molar refractivity (Wildman–Crippen MR) is 191 cm³/mol. The second kappa shape index (κ2) is 10.0. The van der Waals surface area contributed by atoms with Crippen molar-refractivity contribution >= 4 is 49.8 Å². The maximum atomic E-state index is 6.50. The molecule has 0 unspecified atom stereocenters. The van der Waals surface area contributed by atoms with E-state index in [1.54, 1.807) is 0 Å². The molecule has 0 N–H and O–H groups in total. The summed E-state index contributed by atoms with van der Waals surface area (Å²) >= 11 is 0. The minimum atomic E-state index is 0.839. The monoisotopic (exact) mass is 602 g/mol. The Morgan fingerprint density at radius 1 is 0.447 bits per heavy atom. The molecule has 0 aliphatic carbocycles. The van der Waals surface area contributed by atoms with E-state index in [2.05, 4.69) is 148 Å². The van der Waals surface area contributed by atoms with E-state index >= 15 is 0 Å². The number of pyridine rings is 1. The van der Waals surface area contributed by atoms with Crippen LogP contribution < -0.4 is 0 Å². The van der Waals surface area contributed by atoms with Crippen LogP contribution in [0.4, 0.5) is 0 Å². The highest BCUT2D eigenvalue weighted by Crippen LogP contribution is 2.39. The molecule has 0 fully saturated rings. The molecule has 5 nitrogen and oxygen atoms in total. The van der Waals surface area contributed by atoms with Gasteiger partial charge < -0.3 is 4.42 Å². The van der Waals surface area contributed by atoms with Crippen LogP contribution in [0.3, 0.4) is 0 Å². The van der Waals surface area contributed by atoms with Gasteiger partial charge in [0.2, 0.25) is 5.78 Å². The number of nitrogens with zero attached hydrogens (tertiary/aromatic N) is 4. The summed E-state index contributed by atoms with van der Waals surface area (Å²) in [5, 5.41) is 2.11. The molecule has 5 heteroatoms. The molecular weight excluding hydrogens is 576 g/mol. The van der Waals surface area contributed by atoms with Gasteiger partial charge >= 0.3 is 0 Å². The zero-order valence-corrected chi connectivity index (χ0v) is 25.2. The maximum absolute atomic E-state index is 6.50. The van der Waals surface area contributed by atoms with Crippen LogP contribution >= 0.6 is 0 Å². The van der Waals surface area contributed by atoms with Crippen molar-refractivity contribution in [3.63, 3.8) is 0 Å². The largest absolute Gasteiger partial charge is 0.456 e. The lowest BCUT2D eigenvalue weighted by Crippen LogP contribution is -1.96. The molecule has 4 aromatic heterocycles. The molecule has 0 bridgehead atoms. The average molecular weight is 603 g/mol. The molecule has 4 heterocycles. The molecule has 6 aromatic carbocycles. The summed E-state index contributed by atoms with van der Waals surface area (Å²) in [6, 6.07) is 54.7. The van der Waals surface area contributed by atoms with E-state index in [1.807, 2.05) is 18.2 Å². The van der Waals surface area contributed by atoms with Crippen molar-refractivity contribution < 1.29 is 4.42 Å². The van der Waals surface area contributed by atoms with Crippen LogP contribution in [-0.2, 0) is 0 Å². The minimum Gasteiger partial charge on any atom is -0.456 e. The molecule has 0 spiro atoms. The number of hydrogen-bond donors (Lipinski definition) is 0. The van der Waals surface area contributed by atoms with Crippen LogP contribution in [0.15, 0.2) is 162 Å². The Kier molecular flexibility index (Phi) is 5.51. The van der Waals surface area contributed by atoms with Gasteiger partial charge in [-0.15, -0.1) is 0 Å². The van der Waals surface area contributed by atoms with Crippen LogP contribution in [-0.4, -0.2) is 18.9 Å². The molecule has 10 rings (SSSR count). The van der Waals surface area contributed by atoms with Crippen molar-refractivity contribution in [2.24, 2.45) is 0 Å². The van der Waals surface area contributed by atoms with E-state index in [9.17, 15) is 0 Å². The van der Waals surface area contributed by atoms with Crippen LogP contribution in [0.25, 0.3) is 89.1 Å². The highest BCUT2D eigenvalue weighted by molar-refractivity contribution is 6.11. The molecule has 0 saturated heterocycles. The van der Waals surface area contributed by atoms with E-state index in [1.165, 1.54) is 0 Å². The van der Waals surface area contributed by atoms with Crippen molar-refractivity contribution in [1.82, 2.24) is 18.9 Å². The zero-order chi connectivity index (χ0) is 30.9. The Morgan fingerprint density at radius 2 is 1.11 bits per heavy atom. The maximum Gasteiger partial charge on any atom is 0.220 e. The Labute approximate surface area is 269 Å². The third-order valence-corrected chi connectivity index (χ3v) is 9.12. The Morgan fingerprint density at radius 3 is 1.85 bits per heavy atom. The molecule has 0 radical (unpaired) electrons. The van der Waals surface area contributed by atoms with E-state index in [0.717, 1.165) is 89.1 Å². The van der Waals surface area contributed by atoms with Gasteiger partial charge in [-0.25, -0.2) is 9.97 Å². The summed E-state index contributed by atoms with van der Waals surface area (Å²) in [6.45, 7) is 0. The van der Waals surface area contributed by atoms with E-state index in [4.69, 9.17) is 14.4 Å². The van der Waals surface area contributed by atoms with Crippen molar-refractivity contribution in [3.05, 3.63) is 158 Å². The average Bonchev–Trinajstić information content (AvgIpc) is 3.80. The first-order valence-corrected chi connectivity index (χ1v) is 15.8. The number of hydrogen-bond acceptors (Lipinski definition) is 3. The fourth-order valence-electron chi connectivity index (χ4n) is 6.97. The first kappa shape index (κ1) is 25.8. The van der Waals surface area contributed by atoms with E-state index in [-0.39, 0.29) is 0 Å². The number of benzene rings is 6. The van der Waals surface area contributed by atoms with Gasteiger partial charge in [-0.2, -0.15) is 0 Å². The number of furan rings is 1.